The van der Waals surface area contributed by atoms with Gasteiger partial charge in [-0.1, -0.05) is 6.07 Å². The first kappa shape index (κ1) is 11.9. The van der Waals surface area contributed by atoms with E-state index >= 15 is 0 Å². The predicted octanol–water partition coefficient (Wildman–Crippen LogP) is 1.56. The van der Waals surface area contributed by atoms with Crippen molar-refractivity contribution in [3.63, 3.8) is 0 Å². The molecule has 2 heterocycles. The smallest absolute Gasteiger partial charge is 0.128 e. The summed E-state index contributed by atoms with van der Waals surface area (Å²) in [4.78, 5) is 7.05. The molecular formula is C14H21N3O. The number of morpholine rings is 1. The number of nitrogens with zero attached hydrogens (tertiary/aromatic N) is 2. The molecule has 1 aromatic rings. The van der Waals surface area contributed by atoms with Crippen LogP contribution in [0.4, 0.5) is 5.82 Å². The van der Waals surface area contributed by atoms with Crippen molar-refractivity contribution in [1.29, 1.82) is 0 Å². The Kier molecular flexibility index (Phi) is 3.48. The first-order valence-electron chi connectivity index (χ1n) is 6.86. The van der Waals surface area contributed by atoms with Gasteiger partial charge in [0, 0.05) is 19.3 Å². The maximum Gasteiger partial charge on any atom is 0.128 e. The Bertz CT molecular complexity index is 393. The quantitative estimate of drug-likeness (QED) is 0.879. The van der Waals surface area contributed by atoms with E-state index in [4.69, 9.17) is 4.74 Å². The van der Waals surface area contributed by atoms with Gasteiger partial charge in [0.2, 0.25) is 0 Å². The fraction of sp³-hybridized carbons (Fsp3) is 0.643. The summed E-state index contributed by atoms with van der Waals surface area (Å²) in [5, 5.41) is 3.15. The number of hydrogen-bond acceptors (Lipinski definition) is 4. The van der Waals surface area contributed by atoms with Gasteiger partial charge < -0.3 is 15.0 Å². The van der Waals surface area contributed by atoms with E-state index < -0.39 is 0 Å². The van der Waals surface area contributed by atoms with Crippen molar-refractivity contribution >= 4 is 5.82 Å². The van der Waals surface area contributed by atoms with Crippen molar-refractivity contribution in [1.82, 2.24) is 10.3 Å². The topological polar surface area (TPSA) is 37.4 Å². The van der Waals surface area contributed by atoms with Crippen molar-refractivity contribution in [2.24, 2.45) is 0 Å². The third-order valence-corrected chi connectivity index (χ3v) is 3.97. The fourth-order valence-electron chi connectivity index (χ4n) is 3.11. The predicted molar refractivity (Wildman–Crippen MR) is 71.7 cm³/mol. The third-order valence-electron chi connectivity index (χ3n) is 3.97. The minimum Gasteiger partial charge on any atom is -0.374 e. The van der Waals surface area contributed by atoms with E-state index in [0.29, 0.717) is 12.1 Å². The number of nitrogens with one attached hydrogen (secondary N) is 1. The number of rotatable bonds is 3. The minimum absolute atomic E-state index is 0.428. The van der Waals surface area contributed by atoms with Crippen LogP contribution in [0.15, 0.2) is 18.3 Å². The molecule has 0 bridgehead atoms. The molecule has 1 aliphatic heterocycles. The third kappa shape index (κ3) is 2.22. The Morgan fingerprint density at radius 3 is 3.17 bits per heavy atom. The highest BCUT2D eigenvalue weighted by atomic mass is 16.5. The Labute approximate surface area is 108 Å². The summed E-state index contributed by atoms with van der Waals surface area (Å²) in [7, 11) is 1.96. The van der Waals surface area contributed by atoms with Gasteiger partial charge in [-0.25, -0.2) is 4.98 Å². The lowest BCUT2D eigenvalue weighted by Gasteiger charge is -2.38. The monoisotopic (exact) mass is 247 g/mol. The molecule has 1 saturated heterocycles. The Morgan fingerprint density at radius 2 is 2.39 bits per heavy atom. The highest BCUT2D eigenvalue weighted by Crippen LogP contribution is 2.32. The second-order valence-corrected chi connectivity index (χ2v) is 5.16. The van der Waals surface area contributed by atoms with Crippen LogP contribution >= 0.6 is 0 Å². The molecule has 2 fully saturated rings. The lowest BCUT2D eigenvalue weighted by molar-refractivity contribution is 0.0253. The molecule has 1 N–H and O–H groups in total. The highest BCUT2D eigenvalue weighted by Gasteiger charge is 2.36. The number of ether oxygens (including phenoxy) is 1. The Hall–Kier alpha value is -1.13. The molecule has 18 heavy (non-hydrogen) atoms. The Balaban J connectivity index is 1.76. The summed E-state index contributed by atoms with van der Waals surface area (Å²) in [5.41, 5.74) is 1.23. The van der Waals surface area contributed by atoms with Gasteiger partial charge in [0.25, 0.3) is 0 Å². The zero-order chi connectivity index (χ0) is 12.4. The number of aromatic nitrogens is 1. The molecule has 2 unspecified atom stereocenters. The average Bonchev–Trinajstić information content (AvgIpc) is 2.88. The normalized spacial score (nSPS) is 27.3. The molecule has 1 aromatic heterocycles. The van der Waals surface area contributed by atoms with Crippen LogP contribution in [0.2, 0.25) is 0 Å². The largest absolute Gasteiger partial charge is 0.374 e. The zero-order valence-corrected chi connectivity index (χ0v) is 10.9. The SMILES string of the molecule is CNCc1ccc(N2CCOC3CCCC32)nc1. The summed E-state index contributed by atoms with van der Waals surface area (Å²) < 4.78 is 5.84. The summed E-state index contributed by atoms with van der Waals surface area (Å²) in [6.45, 7) is 2.68. The van der Waals surface area contributed by atoms with Crippen LogP contribution in [-0.2, 0) is 11.3 Å². The van der Waals surface area contributed by atoms with Gasteiger partial charge in [-0.3, -0.25) is 0 Å². The number of pyridine rings is 1. The Morgan fingerprint density at radius 1 is 1.44 bits per heavy atom. The summed E-state index contributed by atoms with van der Waals surface area (Å²) in [5.74, 6) is 1.11. The molecular weight excluding hydrogens is 226 g/mol. The zero-order valence-electron chi connectivity index (χ0n) is 10.9. The van der Waals surface area contributed by atoms with Crippen LogP contribution < -0.4 is 10.2 Å². The van der Waals surface area contributed by atoms with E-state index in [1.165, 1.54) is 24.8 Å². The van der Waals surface area contributed by atoms with Crippen LogP contribution in [0.3, 0.4) is 0 Å². The fourth-order valence-corrected chi connectivity index (χ4v) is 3.11. The van der Waals surface area contributed by atoms with E-state index in [2.05, 4.69) is 27.3 Å². The lowest BCUT2D eigenvalue weighted by Crippen LogP contribution is -2.49. The van der Waals surface area contributed by atoms with Crippen LogP contribution in [0.25, 0.3) is 0 Å². The van der Waals surface area contributed by atoms with Gasteiger partial charge in [-0.15, -0.1) is 0 Å². The van der Waals surface area contributed by atoms with Crippen LogP contribution in [0.1, 0.15) is 24.8 Å². The molecule has 0 aromatic carbocycles. The molecule has 3 rings (SSSR count). The van der Waals surface area contributed by atoms with Crippen LogP contribution in [-0.4, -0.2) is 37.3 Å². The molecule has 2 atom stereocenters. The van der Waals surface area contributed by atoms with E-state index in [0.717, 1.165) is 25.5 Å². The van der Waals surface area contributed by atoms with Crippen molar-refractivity contribution in [3.8, 4) is 0 Å². The van der Waals surface area contributed by atoms with E-state index in [1.807, 2.05) is 13.2 Å². The molecule has 0 spiro atoms. The van der Waals surface area contributed by atoms with Crippen molar-refractivity contribution in [3.05, 3.63) is 23.9 Å². The number of fused-ring (bicyclic) bond motifs is 1. The van der Waals surface area contributed by atoms with E-state index in [-0.39, 0.29) is 0 Å². The molecule has 2 aliphatic rings. The van der Waals surface area contributed by atoms with E-state index in [9.17, 15) is 0 Å². The standard InChI is InChI=1S/C14H21N3O/c1-15-9-11-5-6-14(16-10-11)17-7-8-18-13-4-2-3-12(13)17/h5-6,10,12-13,15H,2-4,7-9H2,1H3. The summed E-state index contributed by atoms with van der Waals surface area (Å²) in [6.07, 6.45) is 6.14. The number of hydrogen-bond donors (Lipinski definition) is 1. The maximum absolute atomic E-state index is 5.84. The highest BCUT2D eigenvalue weighted by molar-refractivity contribution is 5.42. The molecule has 98 valence electrons. The van der Waals surface area contributed by atoms with Gasteiger partial charge >= 0.3 is 0 Å². The van der Waals surface area contributed by atoms with E-state index in [1.54, 1.807) is 0 Å². The molecule has 4 heteroatoms. The van der Waals surface area contributed by atoms with Crippen LogP contribution in [0, 0.1) is 0 Å². The van der Waals surface area contributed by atoms with Gasteiger partial charge in [0.05, 0.1) is 18.8 Å². The second-order valence-electron chi connectivity index (χ2n) is 5.16. The van der Waals surface area contributed by atoms with Crippen molar-refractivity contribution < 1.29 is 4.74 Å². The second kappa shape index (κ2) is 5.24. The molecule has 1 aliphatic carbocycles. The molecule has 0 radical (unpaired) electrons. The van der Waals surface area contributed by atoms with Crippen molar-refractivity contribution in [2.45, 2.75) is 38.0 Å². The summed E-state index contributed by atoms with van der Waals surface area (Å²) in [6, 6.07) is 4.85. The lowest BCUT2D eigenvalue weighted by atomic mass is 10.1. The van der Waals surface area contributed by atoms with Gasteiger partial charge in [-0.05, 0) is 37.9 Å². The summed E-state index contributed by atoms with van der Waals surface area (Å²) >= 11 is 0. The molecule has 0 amide bonds. The first-order chi connectivity index (χ1) is 8.88. The number of anilines is 1. The first-order valence-corrected chi connectivity index (χ1v) is 6.86. The van der Waals surface area contributed by atoms with Crippen LogP contribution in [0.5, 0.6) is 0 Å². The molecule has 1 saturated carbocycles. The average molecular weight is 247 g/mol. The maximum atomic E-state index is 5.84. The van der Waals surface area contributed by atoms with Gasteiger partial charge in [0.15, 0.2) is 0 Å². The van der Waals surface area contributed by atoms with Crippen molar-refractivity contribution in [2.75, 3.05) is 25.1 Å². The van der Waals surface area contributed by atoms with Gasteiger partial charge in [-0.2, -0.15) is 0 Å². The molecule has 4 nitrogen and oxygen atoms in total. The van der Waals surface area contributed by atoms with Gasteiger partial charge in [0.1, 0.15) is 5.82 Å². The minimum atomic E-state index is 0.428.